The number of hydrogen-bond acceptors (Lipinski definition) is 3. The molecule has 0 fully saturated rings. The number of hydrogen-bond donors (Lipinski definition) is 1. The van der Waals surface area contributed by atoms with E-state index in [0.29, 0.717) is 16.3 Å². The molecule has 1 aliphatic heterocycles. The maximum Gasteiger partial charge on any atom is 0.339 e. The Morgan fingerprint density at radius 2 is 2.00 bits per heavy atom. The Bertz CT molecular complexity index is 810. The lowest BCUT2D eigenvalue weighted by atomic mass is 9.98. The number of carbonyl (C=O) groups is 2. The van der Waals surface area contributed by atoms with Gasteiger partial charge in [-0.25, -0.2) is 9.18 Å². The van der Waals surface area contributed by atoms with Crippen LogP contribution >= 0.6 is 23.2 Å². The van der Waals surface area contributed by atoms with E-state index in [2.05, 4.69) is 5.32 Å². The molecular weight excluding hydrogens is 344 g/mol. The zero-order valence-corrected chi connectivity index (χ0v) is 13.1. The largest absolute Gasteiger partial charge is 0.448 e. The van der Waals surface area contributed by atoms with Crippen LogP contribution in [0.3, 0.4) is 0 Å². The molecule has 23 heavy (non-hydrogen) atoms. The molecule has 1 unspecified atom stereocenters. The van der Waals surface area contributed by atoms with E-state index >= 15 is 0 Å². The Balaban J connectivity index is 1.80. The fourth-order valence-electron chi connectivity index (χ4n) is 2.31. The highest BCUT2D eigenvalue weighted by molar-refractivity contribution is 6.36. The Hall–Kier alpha value is -2.11. The number of fused-ring (bicyclic) bond motifs is 1. The predicted molar refractivity (Wildman–Crippen MR) is 84.4 cm³/mol. The van der Waals surface area contributed by atoms with Crippen molar-refractivity contribution in [2.45, 2.75) is 12.5 Å². The molecule has 3 rings (SSSR count). The molecule has 1 heterocycles. The van der Waals surface area contributed by atoms with Gasteiger partial charge in [-0.2, -0.15) is 0 Å². The van der Waals surface area contributed by atoms with Gasteiger partial charge in [-0.05, 0) is 42.0 Å². The lowest BCUT2D eigenvalue weighted by molar-refractivity contribution is -0.125. The average Bonchev–Trinajstić information content (AvgIpc) is 2.49. The topological polar surface area (TPSA) is 55.4 Å². The fraction of sp³-hybridized carbons (Fsp3) is 0.125. The maximum absolute atomic E-state index is 13.3. The summed E-state index contributed by atoms with van der Waals surface area (Å²) in [6.45, 7) is 0. The molecule has 2 aromatic rings. The van der Waals surface area contributed by atoms with Crippen LogP contribution in [0.1, 0.15) is 15.9 Å². The van der Waals surface area contributed by atoms with Gasteiger partial charge in [-0.1, -0.05) is 23.2 Å². The second kappa shape index (κ2) is 6.18. The molecule has 0 bridgehead atoms. The minimum absolute atomic E-state index is 0.0931. The van der Waals surface area contributed by atoms with E-state index in [1.807, 2.05) is 0 Å². The highest BCUT2D eigenvalue weighted by atomic mass is 35.5. The number of benzene rings is 2. The summed E-state index contributed by atoms with van der Waals surface area (Å²) in [4.78, 5) is 24.2. The number of rotatable bonds is 2. The first-order valence-corrected chi connectivity index (χ1v) is 7.45. The second-order valence-electron chi connectivity index (χ2n) is 5.01. The highest BCUT2D eigenvalue weighted by Gasteiger charge is 2.31. The molecule has 2 aromatic carbocycles. The molecule has 1 N–H and O–H groups in total. The van der Waals surface area contributed by atoms with Crippen molar-refractivity contribution in [3.8, 4) is 0 Å². The van der Waals surface area contributed by atoms with Crippen molar-refractivity contribution >= 4 is 40.8 Å². The van der Waals surface area contributed by atoms with Gasteiger partial charge in [0.25, 0.3) is 5.91 Å². The van der Waals surface area contributed by atoms with Gasteiger partial charge in [-0.15, -0.1) is 0 Å². The molecular formula is C16H10Cl2FNO3. The summed E-state index contributed by atoms with van der Waals surface area (Å²) in [6, 6.07) is 8.34. The normalized spacial score (nSPS) is 16.5. The summed E-state index contributed by atoms with van der Waals surface area (Å²) in [7, 11) is 0. The molecule has 0 spiro atoms. The zero-order chi connectivity index (χ0) is 16.6. The zero-order valence-electron chi connectivity index (χ0n) is 11.6. The molecule has 0 aliphatic carbocycles. The van der Waals surface area contributed by atoms with Gasteiger partial charge >= 0.3 is 5.97 Å². The number of halogens is 3. The minimum Gasteiger partial charge on any atom is -0.448 e. The number of esters is 1. The van der Waals surface area contributed by atoms with Crippen LogP contribution in [0.25, 0.3) is 0 Å². The third-order valence-corrected chi connectivity index (χ3v) is 3.97. The highest BCUT2D eigenvalue weighted by Crippen LogP contribution is 2.27. The molecule has 0 saturated carbocycles. The first-order chi connectivity index (χ1) is 10.9. The van der Waals surface area contributed by atoms with Crippen molar-refractivity contribution in [2.75, 3.05) is 5.32 Å². The van der Waals surface area contributed by atoms with E-state index in [9.17, 15) is 14.0 Å². The van der Waals surface area contributed by atoms with Gasteiger partial charge in [0, 0.05) is 11.4 Å². The summed E-state index contributed by atoms with van der Waals surface area (Å²) >= 11 is 11.8. The molecule has 0 radical (unpaired) electrons. The lowest BCUT2D eigenvalue weighted by Gasteiger charge is -2.24. The summed E-state index contributed by atoms with van der Waals surface area (Å²) in [6.07, 6.45) is -0.959. The minimum atomic E-state index is -1.05. The third-order valence-electron chi connectivity index (χ3n) is 3.42. The molecule has 0 aromatic heterocycles. The Morgan fingerprint density at radius 3 is 2.74 bits per heavy atom. The fourth-order valence-corrected chi connectivity index (χ4v) is 2.77. The second-order valence-corrected chi connectivity index (χ2v) is 5.86. The van der Waals surface area contributed by atoms with Crippen LogP contribution in [0.2, 0.25) is 10.0 Å². The molecule has 1 aliphatic rings. The van der Waals surface area contributed by atoms with Gasteiger partial charge in [0.05, 0.1) is 16.3 Å². The van der Waals surface area contributed by atoms with Crippen molar-refractivity contribution in [3.63, 3.8) is 0 Å². The first kappa shape index (κ1) is 15.8. The van der Waals surface area contributed by atoms with E-state index in [1.54, 1.807) is 12.1 Å². The number of ether oxygens (including phenoxy) is 1. The van der Waals surface area contributed by atoms with Crippen LogP contribution in [0.15, 0.2) is 36.4 Å². The number of nitrogens with one attached hydrogen (secondary N) is 1. The molecule has 7 heteroatoms. The van der Waals surface area contributed by atoms with Gasteiger partial charge in [0.2, 0.25) is 0 Å². The van der Waals surface area contributed by atoms with Crippen molar-refractivity contribution in [2.24, 2.45) is 0 Å². The summed E-state index contributed by atoms with van der Waals surface area (Å²) in [5.41, 5.74) is 1.05. The van der Waals surface area contributed by atoms with Gasteiger partial charge in [0.1, 0.15) is 5.82 Å². The van der Waals surface area contributed by atoms with Crippen LogP contribution in [0, 0.1) is 5.82 Å². The number of cyclic esters (lactones) is 1. The van der Waals surface area contributed by atoms with Gasteiger partial charge in [-0.3, -0.25) is 4.79 Å². The molecule has 4 nitrogen and oxygen atoms in total. The molecule has 1 amide bonds. The maximum atomic E-state index is 13.3. The monoisotopic (exact) mass is 353 g/mol. The quantitative estimate of drug-likeness (QED) is 0.834. The van der Waals surface area contributed by atoms with Crippen LogP contribution in [0.5, 0.6) is 0 Å². The van der Waals surface area contributed by atoms with Gasteiger partial charge in [0.15, 0.2) is 6.10 Å². The van der Waals surface area contributed by atoms with E-state index < -0.39 is 23.8 Å². The van der Waals surface area contributed by atoms with Crippen molar-refractivity contribution in [1.82, 2.24) is 0 Å². The Morgan fingerprint density at radius 1 is 1.22 bits per heavy atom. The Labute approximate surface area is 141 Å². The van der Waals surface area contributed by atoms with Crippen LogP contribution < -0.4 is 5.32 Å². The van der Waals surface area contributed by atoms with Crippen LogP contribution in [-0.2, 0) is 16.0 Å². The number of carbonyl (C=O) groups excluding carboxylic acids is 2. The lowest BCUT2D eigenvalue weighted by Crippen LogP contribution is -2.38. The third kappa shape index (κ3) is 3.30. The van der Waals surface area contributed by atoms with E-state index in [-0.39, 0.29) is 17.0 Å². The average molecular weight is 354 g/mol. The van der Waals surface area contributed by atoms with Crippen LogP contribution in [-0.4, -0.2) is 18.0 Å². The number of amides is 1. The molecule has 1 atom stereocenters. The van der Waals surface area contributed by atoms with E-state index in [4.69, 9.17) is 27.9 Å². The van der Waals surface area contributed by atoms with Crippen molar-refractivity contribution in [3.05, 3.63) is 63.4 Å². The van der Waals surface area contributed by atoms with E-state index in [0.717, 1.165) is 0 Å². The van der Waals surface area contributed by atoms with Crippen molar-refractivity contribution in [1.29, 1.82) is 0 Å². The Kier molecular flexibility index (Phi) is 4.24. The summed E-state index contributed by atoms with van der Waals surface area (Å²) < 4.78 is 18.4. The molecule has 0 saturated heterocycles. The van der Waals surface area contributed by atoms with Crippen LogP contribution in [0.4, 0.5) is 10.1 Å². The SMILES string of the molecule is O=C1OC(C(=O)Nc2ccc(Cl)cc2Cl)Cc2cc(F)ccc21. The standard InChI is InChI=1S/C16H10Cl2FNO3/c17-9-1-4-13(12(18)7-9)20-15(21)14-6-8-5-10(19)2-3-11(8)16(22)23-14/h1-5,7,14H,6H2,(H,20,21). The number of anilines is 1. The van der Waals surface area contributed by atoms with Gasteiger partial charge < -0.3 is 10.1 Å². The first-order valence-electron chi connectivity index (χ1n) is 6.69. The summed E-state index contributed by atoms with van der Waals surface area (Å²) in [5.74, 6) is -1.68. The summed E-state index contributed by atoms with van der Waals surface area (Å²) in [5, 5.41) is 3.27. The smallest absolute Gasteiger partial charge is 0.339 e. The predicted octanol–water partition coefficient (Wildman–Crippen LogP) is 3.85. The van der Waals surface area contributed by atoms with E-state index in [1.165, 1.54) is 24.3 Å². The molecule has 118 valence electrons. The van der Waals surface area contributed by atoms with Crippen molar-refractivity contribution < 1.29 is 18.7 Å².